The van der Waals surface area contributed by atoms with Crippen LogP contribution >= 0.6 is 0 Å². The van der Waals surface area contributed by atoms with Crippen molar-refractivity contribution in [3.8, 4) is 0 Å². The van der Waals surface area contributed by atoms with Gasteiger partial charge in [-0.25, -0.2) is 9.18 Å². The SMILES string of the molecule is CCC(=O)N[C@@H]1CN(c2ccc(N3CCNCC3)c(F)c2)C(=O)O1. The van der Waals surface area contributed by atoms with E-state index in [0.29, 0.717) is 17.8 Å². The third-order valence-electron chi connectivity index (χ3n) is 4.16. The lowest BCUT2D eigenvalue weighted by molar-refractivity contribution is -0.123. The van der Waals surface area contributed by atoms with E-state index in [1.165, 1.54) is 11.0 Å². The molecule has 3 rings (SSSR count). The number of benzene rings is 1. The highest BCUT2D eigenvalue weighted by Gasteiger charge is 2.33. The molecular weight excluding hydrogens is 315 g/mol. The summed E-state index contributed by atoms with van der Waals surface area (Å²) in [5, 5.41) is 5.83. The second-order valence-electron chi connectivity index (χ2n) is 5.78. The molecule has 0 aromatic heterocycles. The van der Waals surface area contributed by atoms with E-state index in [-0.39, 0.29) is 18.3 Å². The van der Waals surface area contributed by atoms with Crippen molar-refractivity contribution < 1.29 is 18.7 Å². The number of nitrogens with zero attached hydrogens (tertiary/aromatic N) is 2. The van der Waals surface area contributed by atoms with Gasteiger partial charge in [-0.3, -0.25) is 9.69 Å². The standard InChI is InChI=1S/C16H21FN4O3/c1-2-14(22)19-15-10-21(16(23)24-15)11-3-4-13(12(17)9-11)20-7-5-18-6-8-20/h3-4,9,15,18H,2,5-8,10H2,1H3,(H,19,22)/t15-/m0/s1. The molecule has 2 saturated heterocycles. The Bertz CT molecular complexity index is 634. The molecule has 2 aliphatic rings. The smallest absolute Gasteiger partial charge is 0.416 e. The lowest BCUT2D eigenvalue weighted by atomic mass is 10.2. The highest BCUT2D eigenvalue weighted by Crippen LogP contribution is 2.27. The molecule has 2 heterocycles. The van der Waals surface area contributed by atoms with Gasteiger partial charge in [0, 0.05) is 32.6 Å². The third kappa shape index (κ3) is 3.43. The van der Waals surface area contributed by atoms with Gasteiger partial charge in [-0.05, 0) is 18.2 Å². The van der Waals surface area contributed by atoms with Crippen LogP contribution < -0.4 is 20.4 Å². The quantitative estimate of drug-likeness (QED) is 0.860. The van der Waals surface area contributed by atoms with Crippen molar-refractivity contribution in [2.24, 2.45) is 0 Å². The van der Waals surface area contributed by atoms with E-state index in [0.717, 1.165) is 26.2 Å². The fourth-order valence-corrected chi connectivity index (χ4v) is 2.86. The Hall–Kier alpha value is -2.35. The van der Waals surface area contributed by atoms with Gasteiger partial charge < -0.3 is 20.3 Å². The summed E-state index contributed by atoms with van der Waals surface area (Å²) in [6.07, 6.45) is -0.992. The number of piperazine rings is 1. The largest absolute Gasteiger partial charge is 0.423 e. The van der Waals surface area contributed by atoms with Crippen molar-refractivity contribution >= 4 is 23.4 Å². The molecule has 0 spiro atoms. The summed E-state index contributed by atoms with van der Waals surface area (Å²) < 4.78 is 19.6. The highest BCUT2D eigenvalue weighted by molar-refractivity contribution is 5.90. The van der Waals surface area contributed by atoms with Gasteiger partial charge in [0.2, 0.25) is 5.91 Å². The molecular formula is C16H21FN4O3. The van der Waals surface area contributed by atoms with Crippen LogP contribution in [0.2, 0.25) is 0 Å². The number of carbonyl (C=O) groups excluding carboxylic acids is 2. The summed E-state index contributed by atoms with van der Waals surface area (Å²) >= 11 is 0. The van der Waals surface area contributed by atoms with Gasteiger partial charge in [-0.2, -0.15) is 0 Å². The van der Waals surface area contributed by atoms with Crippen molar-refractivity contribution in [3.05, 3.63) is 24.0 Å². The summed E-state index contributed by atoms with van der Waals surface area (Å²) in [5.41, 5.74) is 0.952. The molecule has 24 heavy (non-hydrogen) atoms. The molecule has 8 heteroatoms. The summed E-state index contributed by atoms with van der Waals surface area (Å²) in [4.78, 5) is 26.7. The molecule has 2 fully saturated rings. The Labute approximate surface area is 139 Å². The second-order valence-corrected chi connectivity index (χ2v) is 5.78. The maximum absolute atomic E-state index is 14.5. The molecule has 0 radical (unpaired) electrons. The Balaban J connectivity index is 1.72. The van der Waals surface area contributed by atoms with E-state index in [4.69, 9.17) is 4.74 Å². The van der Waals surface area contributed by atoms with Crippen molar-refractivity contribution in [2.45, 2.75) is 19.6 Å². The van der Waals surface area contributed by atoms with Gasteiger partial charge in [-0.1, -0.05) is 6.92 Å². The second kappa shape index (κ2) is 7.04. The Morgan fingerprint density at radius 1 is 1.42 bits per heavy atom. The van der Waals surface area contributed by atoms with Crippen LogP contribution in [-0.4, -0.2) is 51.0 Å². The Kier molecular flexibility index (Phi) is 4.84. The fourth-order valence-electron chi connectivity index (χ4n) is 2.86. The number of ether oxygens (including phenoxy) is 1. The van der Waals surface area contributed by atoms with Gasteiger partial charge in [0.1, 0.15) is 5.82 Å². The van der Waals surface area contributed by atoms with Crippen LogP contribution in [-0.2, 0) is 9.53 Å². The lowest BCUT2D eigenvalue weighted by Gasteiger charge is -2.30. The predicted octanol–water partition coefficient (Wildman–Crippen LogP) is 1.04. The van der Waals surface area contributed by atoms with Crippen LogP contribution in [0.4, 0.5) is 20.6 Å². The molecule has 130 valence electrons. The van der Waals surface area contributed by atoms with Crippen molar-refractivity contribution in [2.75, 3.05) is 42.5 Å². The first-order valence-electron chi connectivity index (χ1n) is 8.11. The lowest BCUT2D eigenvalue weighted by Crippen LogP contribution is -2.43. The average Bonchev–Trinajstić information content (AvgIpc) is 2.95. The van der Waals surface area contributed by atoms with Gasteiger partial charge in [0.25, 0.3) is 0 Å². The molecule has 0 unspecified atom stereocenters. The minimum Gasteiger partial charge on any atom is -0.423 e. The van der Waals surface area contributed by atoms with Crippen LogP contribution in [0, 0.1) is 5.82 Å². The summed E-state index contributed by atoms with van der Waals surface area (Å²) in [6, 6.07) is 4.72. The molecule has 0 aliphatic carbocycles. The van der Waals surface area contributed by atoms with E-state index in [1.54, 1.807) is 19.1 Å². The summed E-state index contributed by atoms with van der Waals surface area (Å²) in [6.45, 7) is 5.00. The van der Waals surface area contributed by atoms with E-state index in [1.807, 2.05) is 4.90 Å². The summed E-state index contributed by atoms with van der Waals surface area (Å²) in [5.74, 6) is -0.571. The monoisotopic (exact) mass is 336 g/mol. The van der Waals surface area contributed by atoms with Gasteiger partial charge in [-0.15, -0.1) is 0 Å². The van der Waals surface area contributed by atoms with E-state index < -0.39 is 12.3 Å². The minimum atomic E-state index is -0.708. The number of cyclic esters (lactones) is 1. The zero-order valence-electron chi connectivity index (χ0n) is 13.5. The zero-order valence-corrected chi connectivity index (χ0v) is 13.5. The number of rotatable bonds is 4. The van der Waals surface area contributed by atoms with Gasteiger partial charge >= 0.3 is 6.09 Å². The molecule has 1 atom stereocenters. The van der Waals surface area contributed by atoms with E-state index in [2.05, 4.69) is 10.6 Å². The van der Waals surface area contributed by atoms with Gasteiger partial charge in [0.15, 0.2) is 6.23 Å². The molecule has 1 aromatic carbocycles. The van der Waals surface area contributed by atoms with E-state index in [9.17, 15) is 14.0 Å². The van der Waals surface area contributed by atoms with Crippen molar-refractivity contribution in [3.63, 3.8) is 0 Å². The van der Waals surface area contributed by atoms with Crippen LogP contribution in [0.5, 0.6) is 0 Å². The van der Waals surface area contributed by atoms with Gasteiger partial charge in [0.05, 0.1) is 17.9 Å². The summed E-state index contributed by atoms with van der Waals surface area (Å²) in [7, 11) is 0. The molecule has 0 bridgehead atoms. The Morgan fingerprint density at radius 2 is 2.17 bits per heavy atom. The first-order chi connectivity index (χ1) is 11.6. The molecule has 2 aliphatic heterocycles. The number of amides is 2. The fraction of sp³-hybridized carbons (Fsp3) is 0.500. The highest BCUT2D eigenvalue weighted by atomic mass is 19.1. The molecule has 0 saturated carbocycles. The van der Waals surface area contributed by atoms with Crippen LogP contribution in [0.15, 0.2) is 18.2 Å². The molecule has 2 N–H and O–H groups in total. The van der Waals surface area contributed by atoms with Crippen molar-refractivity contribution in [1.29, 1.82) is 0 Å². The zero-order chi connectivity index (χ0) is 17.1. The van der Waals surface area contributed by atoms with Crippen LogP contribution in [0.1, 0.15) is 13.3 Å². The van der Waals surface area contributed by atoms with Crippen LogP contribution in [0.3, 0.4) is 0 Å². The molecule has 7 nitrogen and oxygen atoms in total. The predicted molar refractivity (Wildman–Crippen MR) is 87.5 cm³/mol. The van der Waals surface area contributed by atoms with Crippen LogP contribution in [0.25, 0.3) is 0 Å². The van der Waals surface area contributed by atoms with Crippen molar-refractivity contribution in [1.82, 2.24) is 10.6 Å². The normalized spacial score (nSPS) is 20.9. The average molecular weight is 336 g/mol. The topological polar surface area (TPSA) is 73.9 Å². The first-order valence-corrected chi connectivity index (χ1v) is 8.11. The third-order valence-corrected chi connectivity index (χ3v) is 4.16. The number of carbonyl (C=O) groups is 2. The maximum atomic E-state index is 14.5. The number of halogens is 1. The molecule has 1 aromatic rings. The number of anilines is 2. The number of hydrogen-bond donors (Lipinski definition) is 2. The first kappa shape index (κ1) is 16.5. The number of nitrogens with one attached hydrogen (secondary N) is 2. The molecule has 2 amide bonds. The van der Waals surface area contributed by atoms with E-state index >= 15 is 0 Å². The Morgan fingerprint density at radius 3 is 2.83 bits per heavy atom. The maximum Gasteiger partial charge on any atom is 0.416 e. The number of hydrogen-bond acceptors (Lipinski definition) is 5. The minimum absolute atomic E-state index is 0.164.